The van der Waals surface area contributed by atoms with Crippen molar-refractivity contribution in [1.82, 2.24) is 4.90 Å². The third-order valence-corrected chi connectivity index (χ3v) is 4.45. The normalized spacial score (nSPS) is 24.4. The van der Waals surface area contributed by atoms with Gasteiger partial charge in [0.15, 0.2) is 0 Å². The van der Waals surface area contributed by atoms with E-state index in [0.29, 0.717) is 10.5 Å². The number of hydrogen-bond donors (Lipinski definition) is 2. The van der Waals surface area contributed by atoms with E-state index in [0.717, 1.165) is 25.9 Å². The van der Waals surface area contributed by atoms with Gasteiger partial charge in [0.05, 0.1) is 6.04 Å². The molecule has 1 rings (SSSR count). The van der Waals surface area contributed by atoms with Gasteiger partial charge in [-0.3, -0.25) is 4.90 Å². The molecular formula is C17H24FNS2. The molecule has 0 aromatic carbocycles. The van der Waals surface area contributed by atoms with Crippen molar-refractivity contribution in [3.05, 3.63) is 59.8 Å². The summed E-state index contributed by atoms with van der Waals surface area (Å²) in [6.07, 6.45) is 6.82. The first-order chi connectivity index (χ1) is 9.96. The maximum Gasteiger partial charge on any atom is 0.127 e. The van der Waals surface area contributed by atoms with Crippen LogP contribution in [0.4, 0.5) is 4.39 Å². The second-order valence-electron chi connectivity index (χ2n) is 5.07. The number of nitrogens with zero attached hydrogens (tertiary/aromatic N) is 1. The van der Waals surface area contributed by atoms with E-state index in [1.807, 2.05) is 0 Å². The van der Waals surface area contributed by atoms with Crippen LogP contribution < -0.4 is 0 Å². The molecule has 1 aliphatic heterocycles. The van der Waals surface area contributed by atoms with Crippen molar-refractivity contribution in [3.8, 4) is 0 Å². The first-order valence-electron chi connectivity index (χ1n) is 7.09. The van der Waals surface area contributed by atoms with Crippen LogP contribution in [0.1, 0.15) is 19.8 Å². The molecule has 0 aromatic rings. The molecule has 1 heterocycles. The average Bonchev–Trinajstić information content (AvgIpc) is 2.46. The minimum absolute atomic E-state index is 0.274. The fraction of sp³-hybridized carbons (Fsp3) is 0.412. The van der Waals surface area contributed by atoms with Gasteiger partial charge in [0.2, 0.25) is 0 Å². The third kappa shape index (κ3) is 4.63. The summed E-state index contributed by atoms with van der Waals surface area (Å²) >= 11 is 9.00. The predicted octanol–water partition coefficient (Wildman–Crippen LogP) is 4.73. The summed E-state index contributed by atoms with van der Waals surface area (Å²) in [5.41, 5.74) is 1.74. The van der Waals surface area contributed by atoms with Crippen molar-refractivity contribution in [1.29, 1.82) is 0 Å². The van der Waals surface area contributed by atoms with Crippen LogP contribution in [-0.4, -0.2) is 29.3 Å². The molecule has 4 heteroatoms. The quantitative estimate of drug-likeness (QED) is 0.405. The van der Waals surface area contributed by atoms with Gasteiger partial charge in [-0.05, 0) is 29.4 Å². The Bertz CT molecular complexity index is 479. The zero-order chi connectivity index (χ0) is 16.0. The Balaban J connectivity index is 3.13. The van der Waals surface area contributed by atoms with Crippen molar-refractivity contribution in [2.45, 2.75) is 31.1 Å². The molecule has 0 saturated carbocycles. The van der Waals surface area contributed by atoms with E-state index in [2.05, 4.69) is 62.9 Å². The lowest BCUT2D eigenvalue weighted by Gasteiger charge is -2.38. The summed E-state index contributed by atoms with van der Waals surface area (Å²) in [6.45, 7) is 14.8. The van der Waals surface area contributed by atoms with Gasteiger partial charge in [-0.2, -0.15) is 12.6 Å². The number of likely N-dealkylation sites (tertiary alicyclic amines) is 1. The van der Waals surface area contributed by atoms with E-state index in [1.165, 1.54) is 17.7 Å². The Hall–Kier alpha value is -0.710. The molecule has 0 aliphatic carbocycles. The highest BCUT2D eigenvalue weighted by Gasteiger charge is 2.30. The summed E-state index contributed by atoms with van der Waals surface area (Å²) < 4.78 is 14.0. The Morgan fingerprint density at radius 3 is 2.62 bits per heavy atom. The number of rotatable bonds is 6. The number of piperidine rings is 1. The van der Waals surface area contributed by atoms with E-state index in [1.54, 1.807) is 0 Å². The van der Waals surface area contributed by atoms with Crippen LogP contribution in [0, 0.1) is 0 Å². The molecule has 0 N–H and O–H groups in total. The van der Waals surface area contributed by atoms with Gasteiger partial charge in [-0.15, -0.1) is 12.6 Å². The van der Waals surface area contributed by atoms with Crippen LogP contribution in [0.5, 0.6) is 0 Å². The summed E-state index contributed by atoms with van der Waals surface area (Å²) in [5, 5.41) is 0.274. The second-order valence-corrected chi connectivity index (χ2v) is 6.27. The summed E-state index contributed by atoms with van der Waals surface area (Å²) in [5.74, 6) is -0.376. The highest BCUT2D eigenvalue weighted by Crippen LogP contribution is 2.31. The highest BCUT2D eigenvalue weighted by molar-refractivity contribution is 7.84. The van der Waals surface area contributed by atoms with Crippen molar-refractivity contribution in [2.24, 2.45) is 0 Å². The van der Waals surface area contributed by atoms with Gasteiger partial charge in [-0.1, -0.05) is 38.8 Å². The number of hydrogen-bond acceptors (Lipinski definition) is 3. The van der Waals surface area contributed by atoms with Gasteiger partial charge < -0.3 is 0 Å². The molecule has 1 fully saturated rings. The Kier molecular flexibility index (Phi) is 7.57. The molecule has 0 amide bonds. The zero-order valence-corrected chi connectivity index (χ0v) is 14.3. The minimum atomic E-state index is -0.376. The van der Waals surface area contributed by atoms with E-state index in [4.69, 9.17) is 0 Å². The second kappa shape index (κ2) is 8.66. The molecule has 2 atom stereocenters. The summed E-state index contributed by atoms with van der Waals surface area (Å²) in [4.78, 5) is 2.78. The minimum Gasteiger partial charge on any atom is -0.288 e. The van der Waals surface area contributed by atoms with E-state index >= 15 is 0 Å². The van der Waals surface area contributed by atoms with Crippen LogP contribution in [0.25, 0.3) is 0 Å². The van der Waals surface area contributed by atoms with Gasteiger partial charge in [0, 0.05) is 23.9 Å². The lowest BCUT2D eigenvalue weighted by Crippen LogP contribution is -2.44. The Labute approximate surface area is 138 Å². The van der Waals surface area contributed by atoms with Crippen LogP contribution in [-0.2, 0) is 0 Å². The standard InChI is InChI=1S/C17H24FNS2/c1-5-8-13-11-19(10-9-16(13)21)17(12(4)20)14(6-2)15(18)7-3/h6-8,16-17,20-21H,2-5,9-11H2,1H3/b13-8+,15-14-. The molecule has 0 radical (unpaired) electrons. The molecule has 1 saturated heterocycles. The van der Waals surface area contributed by atoms with Crippen molar-refractivity contribution < 1.29 is 4.39 Å². The van der Waals surface area contributed by atoms with Gasteiger partial charge >= 0.3 is 0 Å². The Morgan fingerprint density at radius 2 is 2.14 bits per heavy atom. The lowest BCUT2D eigenvalue weighted by molar-refractivity contribution is 0.245. The first kappa shape index (κ1) is 18.3. The number of allylic oxidation sites excluding steroid dienone is 3. The number of thiol groups is 2. The van der Waals surface area contributed by atoms with Crippen molar-refractivity contribution in [3.63, 3.8) is 0 Å². The van der Waals surface area contributed by atoms with E-state index in [9.17, 15) is 4.39 Å². The fourth-order valence-electron chi connectivity index (χ4n) is 2.62. The van der Waals surface area contributed by atoms with E-state index in [-0.39, 0.29) is 17.1 Å². The largest absolute Gasteiger partial charge is 0.288 e. The lowest BCUT2D eigenvalue weighted by atomic mass is 9.97. The monoisotopic (exact) mass is 325 g/mol. The van der Waals surface area contributed by atoms with Crippen molar-refractivity contribution in [2.75, 3.05) is 13.1 Å². The van der Waals surface area contributed by atoms with Gasteiger partial charge in [0.1, 0.15) is 5.83 Å². The molecule has 2 unspecified atom stereocenters. The number of halogens is 1. The topological polar surface area (TPSA) is 3.24 Å². The molecular weight excluding hydrogens is 301 g/mol. The maximum absolute atomic E-state index is 14.0. The average molecular weight is 326 g/mol. The molecule has 1 aliphatic rings. The summed E-state index contributed by atoms with van der Waals surface area (Å²) in [6, 6.07) is -0.301. The zero-order valence-electron chi connectivity index (χ0n) is 12.6. The molecule has 1 nitrogen and oxygen atoms in total. The first-order valence-corrected chi connectivity index (χ1v) is 8.05. The van der Waals surface area contributed by atoms with Crippen molar-refractivity contribution >= 4 is 25.3 Å². The molecule has 116 valence electrons. The maximum atomic E-state index is 14.0. The van der Waals surface area contributed by atoms with Crippen LogP contribution in [0.3, 0.4) is 0 Å². The molecule has 0 spiro atoms. The predicted molar refractivity (Wildman–Crippen MR) is 97.8 cm³/mol. The van der Waals surface area contributed by atoms with Gasteiger partial charge in [-0.25, -0.2) is 4.39 Å². The SMILES string of the molecule is C=C/C(F)=C(\C=C)C(C(=C)S)N1CCC(S)/C(=C/CC)C1. The van der Waals surface area contributed by atoms with Crippen LogP contribution in [0.15, 0.2) is 59.8 Å². The molecule has 0 bridgehead atoms. The summed E-state index contributed by atoms with van der Waals surface area (Å²) in [7, 11) is 0. The fourth-order valence-corrected chi connectivity index (χ4v) is 3.23. The van der Waals surface area contributed by atoms with Crippen LogP contribution >= 0.6 is 25.3 Å². The smallest absolute Gasteiger partial charge is 0.127 e. The van der Waals surface area contributed by atoms with E-state index < -0.39 is 0 Å². The Morgan fingerprint density at radius 1 is 1.48 bits per heavy atom. The van der Waals surface area contributed by atoms with Gasteiger partial charge in [0.25, 0.3) is 0 Å². The molecule has 0 aromatic heterocycles. The molecule has 21 heavy (non-hydrogen) atoms. The third-order valence-electron chi connectivity index (χ3n) is 3.62. The van der Waals surface area contributed by atoms with Crippen LogP contribution in [0.2, 0.25) is 0 Å². The highest BCUT2D eigenvalue weighted by atomic mass is 32.1.